The van der Waals surface area contributed by atoms with E-state index in [1.807, 2.05) is 41.0 Å². The van der Waals surface area contributed by atoms with Crippen LogP contribution in [-0.2, 0) is 6.54 Å². The maximum absolute atomic E-state index is 13.3. The summed E-state index contributed by atoms with van der Waals surface area (Å²) in [6, 6.07) is 11.3. The normalized spacial score (nSPS) is 11.1. The molecule has 9 heteroatoms. The Kier molecular flexibility index (Phi) is 7.77. The van der Waals surface area contributed by atoms with E-state index < -0.39 is 0 Å². The number of aromatic nitrogens is 3. The predicted molar refractivity (Wildman–Crippen MR) is 141 cm³/mol. The number of hydrogen-bond acceptors (Lipinski definition) is 7. The highest BCUT2D eigenvalue weighted by Gasteiger charge is 2.24. The fourth-order valence-corrected chi connectivity index (χ4v) is 4.35. The van der Waals surface area contributed by atoms with Crippen LogP contribution in [0.4, 0.5) is 5.82 Å². The molecule has 9 nitrogen and oxygen atoms in total. The fourth-order valence-electron chi connectivity index (χ4n) is 4.35. The van der Waals surface area contributed by atoms with E-state index in [-0.39, 0.29) is 5.91 Å². The van der Waals surface area contributed by atoms with Gasteiger partial charge in [0.05, 0.1) is 38.9 Å². The summed E-state index contributed by atoms with van der Waals surface area (Å²) in [6.45, 7) is 3.07. The van der Waals surface area contributed by atoms with Crippen LogP contribution in [0.25, 0.3) is 22.2 Å². The minimum absolute atomic E-state index is 0.248. The summed E-state index contributed by atoms with van der Waals surface area (Å²) in [6.07, 6.45) is 4.26. The van der Waals surface area contributed by atoms with Crippen LogP contribution in [0.2, 0.25) is 0 Å². The Morgan fingerprint density at radius 3 is 2.25 bits per heavy atom. The van der Waals surface area contributed by atoms with Gasteiger partial charge >= 0.3 is 0 Å². The van der Waals surface area contributed by atoms with Gasteiger partial charge in [-0.05, 0) is 36.2 Å². The molecule has 2 heterocycles. The van der Waals surface area contributed by atoms with Crippen LogP contribution in [0.3, 0.4) is 0 Å². The zero-order chi connectivity index (χ0) is 25.7. The van der Waals surface area contributed by atoms with Gasteiger partial charge in [-0.15, -0.1) is 0 Å². The van der Waals surface area contributed by atoms with E-state index in [9.17, 15) is 4.79 Å². The van der Waals surface area contributed by atoms with Gasteiger partial charge in [0, 0.05) is 6.54 Å². The SMILES string of the molecule is CCCCCCNC(=O)c1c(N)n(Cc2cc(OC)c(OC)c(OC)c2)c2nc3ccccc3nc12. The van der Waals surface area contributed by atoms with Crippen LogP contribution in [0.5, 0.6) is 17.2 Å². The first kappa shape index (κ1) is 25.1. The monoisotopic (exact) mass is 491 g/mol. The molecule has 0 saturated heterocycles. The first-order valence-electron chi connectivity index (χ1n) is 12.1. The highest BCUT2D eigenvalue weighted by molar-refractivity contribution is 6.10. The number of benzene rings is 2. The molecular weight excluding hydrogens is 458 g/mol. The molecule has 0 radical (unpaired) electrons. The number of carbonyl (C=O) groups excluding carboxylic acids is 1. The van der Waals surface area contributed by atoms with E-state index in [0.717, 1.165) is 36.8 Å². The van der Waals surface area contributed by atoms with Crippen molar-refractivity contribution in [2.75, 3.05) is 33.6 Å². The summed E-state index contributed by atoms with van der Waals surface area (Å²) in [5.74, 6) is 1.62. The van der Waals surface area contributed by atoms with E-state index in [0.29, 0.717) is 58.4 Å². The summed E-state index contributed by atoms with van der Waals surface area (Å²) in [5, 5.41) is 3.01. The van der Waals surface area contributed by atoms with Crippen LogP contribution in [0.1, 0.15) is 48.5 Å². The second-order valence-corrected chi connectivity index (χ2v) is 8.58. The number of methoxy groups -OCH3 is 3. The highest BCUT2D eigenvalue weighted by Crippen LogP contribution is 2.39. The van der Waals surface area contributed by atoms with Gasteiger partial charge in [0.2, 0.25) is 5.75 Å². The highest BCUT2D eigenvalue weighted by atomic mass is 16.5. The molecular formula is C27H33N5O4. The van der Waals surface area contributed by atoms with Gasteiger partial charge in [-0.2, -0.15) is 0 Å². The number of nitrogens with two attached hydrogens (primary N) is 1. The fraction of sp³-hybridized carbons (Fsp3) is 0.370. The molecule has 0 aliphatic rings. The number of nitrogens with zero attached hydrogens (tertiary/aromatic N) is 3. The third-order valence-corrected chi connectivity index (χ3v) is 6.20. The number of unbranched alkanes of at least 4 members (excludes halogenated alkanes) is 3. The van der Waals surface area contributed by atoms with Crippen molar-refractivity contribution in [2.45, 2.75) is 39.2 Å². The summed E-state index contributed by atoms with van der Waals surface area (Å²) >= 11 is 0. The lowest BCUT2D eigenvalue weighted by Crippen LogP contribution is -2.25. The van der Waals surface area contributed by atoms with Crippen LogP contribution in [0.15, 0.2) is 36.4 Å². The Bertz CT molecular complexity index is 1360. The van der Waals surface area contributed by atoms with Gasteiger partial charge in [-0.1, -0.05) is 38.3 Å². The molecule has 1 amide bonds. The van der Waals surface area contributed by atoms with Crippen LogP contribution in [-0.4, -0.2) is 48.3 Å². The smallest absolute Gasteiger partial charge is 0.257 e. The zero-order valence-electron chi connectivity index (χ0n) is 21.3. The summed E-state index contributed by atoms with van der Waals surface area (Å²) in [5.41, 5.74) is 10.2. The summed E-state index contributed by atoms with van der Waals surface area (Å²) < 4.78 is 18.3. The summed E-state index contributed by atoms with van der Waals surface area (Å²) in [7, 11) is 4.70. The van der Waals surface area contributed by atoms with E-state index in [1.54, 1.807) is 21.3 Å². The number of amides is 1. The maximum atomic E-state index is 13.3. The number of para-hydroxylation sites is 2. The Balaban J connectivity index is 1.79. The lowest BCUT2D eigenvalue weighted by atomic mass is 10.1. The van der Waals surface area contributed by atoms with E-state index in [1.165, 1.54) is 0 Å². The van der Waals surface area contributed by atoms with Crippen molar-refractivity contribution in [1.29, 1.82) is 0 Å². The average Bonchev–Trinajstić information content (AvgIpc) is 3.16. The van der Waals surface area contributed by atoms with Crippen molar-refractivity contribution >= 4 is 33.9 Å². The largest absolute Gasteiger partial charge is 0.493 e. The molecule has 0 unspecified atom stereocenters. The number of ether oxygens (including phenoxy) is 3. The van der Waals surface area contributed by atoms with Crippen molar-refractivity contribution in [3.63, 3.8) is 0 Å². The number of nitrogens with one attached hydrogen (secondary N) is 1. The Morgan fingerprint density at radius 1 is 0.972 bits per heavy atom. The van der Waals surface area contributed by atoms with Crippen molar-refractivity contribution in [3.05, 3.63) is 47.5 Å². The molecule has 0 saturated carbocycles. The third-order valence-electron chi connectivity index (χ3n) is 6.20. The Labute approximate surface area is 210 Å². The predicted octanol–water partition coefficient (Wildman–Crippen LogP) is 4.55. The topological polar surface area (TPSA) is 114 Å². The molecule has 2 aromatic heterocycles. The Hall–Kier alpha value is -4.01. The molecule has 0 fully saturated rings. The van der Waals surface area contributed by atoms with Crippen LogP contribution >= 0.6 is 0 Å². The van der Waals surface area contributed by atoms with Crippen molar-refractivity contribution in [2.24, 2.45) is 0 Å². The zero-order valence-corrected chi connectivity index (χ0v) is 21.3. The van der Waals surface area contributed by atoms with Gasteiger partial charge in [0.1, 0.15) is 16.9 Å². The number of rotatable bonds is 11. The number of hydrogen-bond donors (Lipinski definition) is 2. The Morgan fingerprint density at radius 2 is 1.64 bits per heavy atom. The molecule has 4 rings (SSSR count). The minimum atomic E-state index is -0.248. The molecule has 0 spiro atoms. The first-order chi connectivity index (χ1) is 17.5. The first-order valence-corrected chi connectivity index (χ1v) is 12.1. The average molecular weight is 492 g/mol. The van der Waals surface area contributed by atoms with Crippen LogP contribution < -0.4 is 25.3 Å². The summed E-state index contributed by atoms with van der Waals surface area (Å²) in [4.78, 5) is 22.9. The number of nitrogen functional groups attached to an aromatic ring is 1. The lowest BCUT2D eigenvalue weighted by molar-refractivity contribution is 0.0955. The molecule has 36 heavy (non-hydrogen) atoms. The molecule has 2 aromatic carbocycles. The van der Waals surface area contributed by atoms with Gasteiger partial charge in [-0.25, -0.2) is 9.97 Å². The quantitative estimate of drug-likeness (QED) is 0.296. The number of anilines is 1. The van der Waals surface area contributed by atoms with Crippen molar-refractivity contribution < 1.29 is 19.0 Å². The van der Waals surface area contributed by atoms with Gasteiger partial charge in [-0.3, -0.25) is 4.79 Å². The third kappa shape index (κ3) is 4.86. The van der Waals surface area contributed by atoms with E-state index in [2.05, 4.69) is 12.2 Å². The maximum Gasteiger partial charge on any atom is 0.257 e. The van der Waals surface area contributed by atoms with Crippen molar-refractivity contribution in [3.8, 4) is 17.2 Å². The molecule has 0 aliphatic heterocycles. The van der Waals surface area contributed by atoms with E-state index >= 15 is 0 Å². The molecule has 0 aliphatic carbocycles. The van der Waals surface area contributed by atoms with Crippen LogP contribution in [0, 0.1) is 0 Å². The number of fused-ring (bicyclic) bond motifs is 2. The lowest BCUT2D eigenvalue weighted by Gasteiger charge is -2.15. The van der Waals surface area contributed by atoms with Gasteiger partial charge < -0.3 is 29.8 Å². The standard InChI is InChI=1S/C27H33N5O4/c1-5-6-7-10-13-29-27(33)22-23-26(31-19-12-9-8-11-18(19)30-23)32(25(22)28)16-17-14-20(34-2)24(36-4)21(15-17)35-3/h8-9,11-12,14-15H,5-7,10,13,16,28H2,1-4H3,(H,29,33). The van der Waals surface area contributed by atoms with Gasteiger partial charge in [0.15, 0.2) is 17.1 Å². The van der Waals surface area contributed by atoms with Gasteiger partial charge in [0.25, 0.3) is 5.91 Å². The van der Waals surface area contributed by atoms with Crippen molar-refractivity contribution in [1.82, 2.24) is 19.9 Å². The molecule has 0 atom stereocenters. The second kappa shape index (κ2) is 11.2. The van der Waals surface area contributed by atoms with E-state index in [4.69, 9.17) is 29.9 Å². The molecule has 3 N–H and O–H groups in total. The molecule has 4 aromatic rings. The minimum Gasteiger partial charge on any atom is -0.493 e. The second-order valence-electron chi connectivity index (χ2n) is 8.58. The number of carbonyl (C=O) groups is 1. The molecule has 190 valence electrons. The molecule has 0 bridgehead atoms.